The van der Waals surface area contributed by atoms with Gasteiger partial charge in [-0.3, -0.25) is 9.13 Å². The fourth-order valence-corrected chi connectivity index (χ4v) is 5.22. The number of carbonyl (C=O) groups excluding carboxylic acids is 1. The number of hydrogen-bond donors (Lipinski definition) is 0. The molecule has 206 valence electrons. The summed E-state index contributed by atoms with van der Waals surface area (Å²) in [6.07, 6.45) is 5.04. The van der Waals surface area contributed by atoms with Gasteiger partial charge in [-0.05, 0) is 62.1 Å². The molecular weight excluding hydrogens is 500 g/mol. The van der Waals surface area contributed by atoms with Crippen molar-refractivity contribution in [2.24, 2.45) is 5.92 Å². The van der Waals surface area contributed by atoms with Gasteiger partial charge in [0.25, 0.3) is 0 Å². The summed E-state index contributed by atoms with van der Waals surface area (Å²) in [5.41, 5.74) is 5.81. The molecule has 2 aromatic heterocycles. The molecule has 7 nitrogen and oxygen atoms in total. The third kappa shape index (κ3) is 5.11. The van der Waals surface area contributed by atoms with Crippen LogP contribution in [0.4, 0.5) is 0 Å². The van der Waals surface area contributed by atoms with Crippen LogP contribution in [0, 0.1) is 5.92 Å². The molecule has 0 bridgehead atoms. The molecule has 5 aromatic rings. The quantitative estimate of drug-likeness (QED) is 0.191. The van der Waals surface area contributed by atoms with Gasteiger partial charge in [0.1, 0.15) is 5.82 Å². The number of carbonyl (C=O) groups is 1. The molecule has 0 amide bonds. The van der Waals surface area contributed by atoms with Crippen LogP contribution in [0.15, 0.2) is 77.6 Å². The number of rotatable bonds is 9. The van der Waals surface area contributed by atoms with Gasteiger partial charge in [0, 0.05) is 24.7 Å². The summed E-state index contributed by atoms with van der Waals surface area (Å²) < 4.78 is 10.9. The van der Waals surface area contributed by atoms with Crippen molar-refractivity contribution in [2.45, 2.75) is 53.2 Å². The second-order valence-electron chi connectivity index (χ2n) is 10.8. The number of nitrogens with zero attached hydrogens (tertiary/aromatic N) is 4. The van der Waals surface area contributed by atoms with Crippen molar-refractivity contribution in [1.29, 1.82) is 0 Å². The molecule has 0 saturated heterocycles. The second kappa shape index (κ2) is 11.4. The van der Waals surface area contributed by atoms with E-state index in [0.29, 0.717) is 18.0 Å². The van der Waals surface area contributed by atoms with Gasteiger partial charge in [-0.1, -0.05) is 62.4 Å². The fraction of sp³-hybridized carbons (Fsp3) is 0.303. The number of imidazole rings is 2. The van der Waals surface area contributed by atoms with Gasteiger partial charge in [-0.2, -0.15) is 0 Å². The Morgan fingerprint density at radius 3 is 2.42 bits per heavy atom. The molecule has 0 aliphatic rings. The van der Waals surface area contributed by atoms with Crippen LogP contribution in [0.1, 0.15) is 56.1 Å². The largest absolute Gasteiger partial charge is 0.465 e. The summed E-state index contributed by atoms with van der Waals surface area (Å²) >= 11 is 0. The number of fused-ring (bicyclic) bond motifs is 2. The molecule has 5 rings (SSSR count). The first-order valence-corrected chi connectivity index (χ1v) is 13.8. The van der Waals surface area contributed by atoms with Crippen molar-refractivity contribution < 1.29 is 9.53 Å². The maximum atomic E-state index is 13.8. The summed E-state index contributed by atoms with van der Waals surface area (Å²) in [5.74, 6) is 0.896. The number of allylic oxidation sites excluding steroid dienone is 1. The van der Waals surface area contributed by atoms with Crippen molar-refractivity contribution in [3.63, 3.8) is 0 Å². The smallest absolute Gasteiger partial charge is 0.337 e. The summed E-state index contributed by atoms with van der Waals surface area (Å²) in [6, 6.07) is 21.6. The summed E-state index contributed by atoms with van der Waals surface area (Å²) in [7, 11) is 1.38. The van der Waals surface area contributed by atoms with Gasteiger partial charge < -0.3 is 9.30 Å². The van der Waals surface area contributed by atoms with Crippen LogP contribution in [0.25, 0.3) is 39.5 Å². The number of esters is 1. The van der Waals surface area contributed by atoms with E-state index in [-0.39, 0.29) is 11.7 Å². The number of ether oxygens (including phenoxy) is 1. The third-order valence-corrected chi connectivity index (χ3v) is 7.24. The Labute approximate surface area is 234 Å². The Bertz CT molecular complexity index is 1750. The Hall–Kier alpha value is -4.39. The molecule has 0 spiro atoms. The van der Waals surface area contributed by atoms with Crippen LogP contribution in [0.2, 0.25) is 0 Å². The number of para-hydroxylation sites is 1. The van der Waals surface area contributed by atoms with Gasteiger partial charge in [0.05, 0.1) is 34.7 Å². The zero-order valence-corrected chi connectivity index (χ0v) is 23.8. The summed E-state index contributed by atoms with van der Waals surface area (Å²) in [4.78, 5) is 31.1. The lowest BCUT2D eigenvalue weighted by atomic mass is 10.1. The van der Waals surface area contributed by atoms with Crippen LogP contribution in [0.5, 0.6) is 0 Å². The molecule has 0 aliphatic heterocycles. The van der Waals surface area contributed by atoms with Crippen molar-refractivity contribution in [1.82, 2.24) is 18.7 Å². The molecule has 40 heavy (non-hydrogen) atoms. The highest BCUT2D eigenvalue weighted by atomic mass is 16.5. The lowest BCUT2D eigenvalue weighted by Crippen LogP contribution is -2.25. The lowest BCUT2D eigenvalue weighted by molar-refractivity contribution is 0.0601. The molecule has 0 unspecified atom stereocenters. The highest BCUT2D eigenvalue weighted by molar-refractivity contribution is 5.96. The first kappa shape index (κ1) is 27.2. The Kier molecular flexibility index (Phi) is 7.74. The SMILES string of the molecule is COC(=O)c1ccc2c(c1)nc(-c1cccc3c1n(C(C)C)c(=O)n3CC=Cc1ccccc1)n2CCC(C)C. The lowest BCUT2D eigenvalue weighted by Gasteiger charge is -2.14. The van der Waals surface area contributed by atoms with Crippen LogP contribution in [0.3, 0.4) is 0 Å². The van der Waals surface area contributed by atoms with E-state index in [0.717, 1.165) is 52.0 Å². The van der Waals surface area contributed by atoms with Crippen LogP contribution < -0.4 is 5.69 Å². The molecule has 2 heterocycles. The van der Waals surface area contributed by atoms with Crippen molar-refractivity contribution in [3.05, 3.63) is 94.4 Å². The van der Waals surface area contributed by atoms with E-state index in [2.05, 4.69) is 18.4 Å². The van der Waals surface area contributed by atoms with Crippen LogP contribution in [-0.4, -0.2) is 31.8 Å². The fourth-order valence-electron chi connectivity index (χ4n) is 5.22. The standard InChI is InChI=1S/C33H36N4O3/c1-22(2)18-20-35-28-17-16-25(32(38)40-5)21-27(28)34-31(35)26-14-9-15-29-30(26)37(23(3)4)33(39)36(29)19-10-13-24-11-7-6-8-12-24/h6-17,21-23H,18-20H2,1-5H3. The van der Waals surface area contributed by atoms with Gasteiger partial charge >= 0.3 is 11.7 Å². The van der Waals surface area contributed by atoms with Gasteiger partial charge in [0.15, 0.2) is 0 Å². The maximum Gasteiger partial charge on any atom is 0.337 e. The number of aromatic nitrogens is 4. The molecule has 0 saturated carbocycles. The van der Waals surface area contributed by atoms with Gasteiger partial charge in [0.2, 0.25) is 0 Å². The van der Waals surface area contributed by atoms with Crippen LogP contribution >= 0.6 is 0 Å². The average Bonchev–Trinajstić information content (AvgIpc) is 3.46. The monoisotopic (exact) mass is 536 g/mol. The highest BCUT2D eigenvalue weighted by Crippen LogP contribution is 2.33. The van der Waals surface area contributed by atoms with E-state index in [4.69, 9.17) is 9.72 Å². The zero-order chi connectivity index (χ0) is 28.4. The first-order valence-electron chi connectivity index (χ1n) is 13.8. The molecule has 0 radical (unpaired) electrons. The minimum atomic E-state index is -0.392. The molecule has 0 fully saturated rings. The Balaban J connectivity index is 1.70. The number of hydrogen-bond acceptors (Lipinski definition) is 4. The first-order chi connectivity index (χ1) is 19.3. The maximum absolute atomic E-state index is 13.8. The highest BCUT2D eigenvalue weighted by Gasteiger charge is 2.23. The average molecular weight is 537 g/mol. The van der Waals surface area contributed by atoms with Crippen molar-refractivity contribution >= 4 is 34.1 Å². The van der Waals surface area contributed by atoms with Gasteiger partial charge in [-0.15, -0.1) is 0 Å². The van der Waals surface area contributed by atoms with E-state index in [9.17, 15) is 9.59 Å². The van der Waals surface area contributed by atoms with E-state index in [1.165, 1.54) is 7.11 Å². The second-order valence-corrected chi connectivity index (χ2v) is 10.8. The molecular formula is C33H36N4O3. The zero-order valence-electron chi connectivity index (χ0n) is 23.8. The molecule has 0 aliphatic carbocycles. The van der Waals surface area contributed by atoms with E-state index >= 15 is 0 Å². The molecule has 0 atom stereocenters. The van der Waals surface area contributed by atoms with E-state index in [1.807, 2.05) is 89.7 Å². The summed E-state index contributed by atoms with van der Waals surface area (Å²) in [6.45, 7) is 9.70. The van der Waals surface area contributed by atoms with Crippen LogP contribution in [-0.2, 0) is 17.8 Å². The van der Waals surface area contributed by atoms with Crippen molar-refractivity contribution in [2.75, 3.05) is 7.11 Å². The normalized spacial score (nSPS) is 12.0. The van der Waals surface area contributed by atoms with Crippen molar-refractivity contribution in [3.8, 4) is 11.4 Å². The van der Waals surface area contributed by atoms with E-state index < -0.39 is 5.97 Å². The predicted octanol–water partition coefficient (Wildman–Crippen LogP) is 6.95. The predicted molar refractivity (Wildman–Crippen MR) is 162 cm³/mol. The number of methoxy groups -OCH3 is 1. The topological polar surface area (TPSA) is 71.1 Å². The molecule has 3 aromatic carbocycles. The minimum Gasteiger partial charge on any atom is -0.465 e. The Morgan fingerprint density at radius 1 is 0.950 bits per heavy atom. The summed E-state index contributed by atoms with van der Waals surface area (Å²) in [5, 5.41) is 0. The number of benzene rings is 3. The molecule has 0 N–H and O–H groups in total. The minimum absolute atomic E-state index is 0.0464. The number of aryl methyl sites for hydroxylation is 1. The Morgan fingerprint density at radius 2 is 1.73 bits per heavy atom. The third-order valence-electron chi connectivity index (χ3n) is 7.24. The molecule has 7 heteroatoms. The van der Waals surface area contributed by atoms with E-state index in [1.54, 1.807) is 12.1 Å². The van der Waals surface area contributed by atoms with Gasteiger partial charge in [-0.25, -0.2) is 14.6 Å².